The van der Waals surface area contributed by atoms with Crippen molar-refractivity contribution in [2.75, 3.05) is 5.32 Å². The van der Waals surface area contributed by atoms with Crippen LogP contribution in [0.1, 0.15) is 12.1 Å². The van der Waals surface area contributed by atoms with Gasteiger partial charge in [-0.05, 0) is 24.3 Å². The van der Waals surface area contributed by atoms with Crippen molar-refractivity contribution in [3.05, 3.63) is 74.4 Å². The van der Waals surface area contributed by atoms with Crippen LogP contribution in [0.3, 0.4) is 0 Å². The van der Waals surface area contributed by atoms with Crippen LogP contribution in [0.15, 0.2) is 63.2 Å². The first-order chi connectivity index (χ1) is 13.6. The Hall–Kier alpha value is -2.84. The highest BCUT2D eigenvalue weighted by atomic mass is 79.9. The minimum absolute atomic E-state index is 0.154. The summed E-state index contributed by atoms with van der Waals surface area (Å²) in [6.45, 7) is 0. The molecule has 4 rings (SSSR count). The van der Waals surface area contributed by atoms with Crippen LogP contribution in [0, 0.1) is 0 Å². The second-order valence-electron chi connectivity index (χ2n) is 6.12. The molecule has 8 heteroatoms. The zero-order valence-corrected chi connectivity index (χ0v) is 17.0. The molecule has 2 N–H and O–H groups in total. The van der Waals surface area contributed by atoms with E-state index in [4.69, 9.17) is 0 Å². The lowest BCUT2D eigenvalue weighted by Crippen LogP contribution is -2.18. The molecule has 6 nitrogen and oxygen atoms in total. The predicted molar refractivity (Wildman–Crippen MR) is 115 cm³/mol. The number of aromatic nitrogens is 3. The molecule has 0 spiro atoms. The van der Waals surface area contributed by atoms with Crippen molar-refractivity contribution >= 4 is 49.3 Å². The van der Waals surface area contributed by atoms with E-state index in [2.05, 4.69) is 36.2 Å². The number of amides is 1. The Morgan fingerprint density at radius 1 is 1.11 bits per heavy atom. The van der Waals surface area contributed by atoms with E-state index in [1.54, 1.807) is 6.07 Å². The zero-order valence-electron chi connectivity index (χ0n) is 14.6. The summed E-state index contributed by atoms with van der Waals surface area (Å²) in [6, 6.07) is 15.1. The molecule has 0 fully saturated rings. The lowest BCUT2D eigenvalue weighted by Gasteiger charge is -2.03. The van der Waals surface area contributed by atoms with Gasteiger partial charge in [0.1, 0.15) is 5.69 Å². The number of hydrogen-bond acceptors (Lipinski definition) is 5. The quantitative estimate of drug-likeness (QED) is 0.468. The molecule has 0 saturated carbocycles. The molecule has 0 atom stereocenters. The maximum Gasteiger partial charge on any atom is 0.270 e. The molecule has 0 radical (unpaired) electrons. The van der Waals surface area contributed by atoms with Gasteiger partial charge in [0.2, 0.25) is 5.91 Å². The lowest BCUT2D eigenvalue weighted by molar-refractivity contribution is -0.116. The Morgan fingerprint density at radius 2 is 1.89 bits per heavy atom. The maximum atomic E-state index is 12.3. The van der Waals surface area contributed by atoms with Crippen LogP contribution < -0.4 is 10.9 Å². The van der Waals surface area contributed by atoms with Crippen LogP contribution in [-0.4, -0.2) is 20.9 Å². The molecule has 28 heavy (non-hydrogen) atoms. The summed E-state index contributed by atoms with van der Waals surface area (Å²) < 4.78 is 0.997. The number of aromatic amines is 1. The fraction of sp³-hybridized carbons (Fsp3) is 0.100. The van der Waals surface area contributed by atoms with Gasteiger partial charge < -0.3 is 10.3 Å². The molecule has 140 valence electrons. The number of thiazole rings is 1. The van der Waals surface area contributed by atoms with Gasteiger partial charge in [0.25, 0.3) is 5.56 Å². The minimum atomic E-state index is -0.265. The van der Waals surface area contributed by atoms with Gasteiger partial charge in [-0.1, -0.05) is 40.2 Å². The van der Waals surface area contributed by atoms with Crippen LogP contribution >= 0.6 is 27.3 Å². The second kappa shape index (κ2) is 8.04. The Kier molecular flexibility index (Phi) is 5.31. The predicted octanol–water partition coefficient (Wildman–Crippen LogP) is 4.38. The van der Waals surface area contributed by atoms with Crippen molar-refractivity contribution in [3.8, 4) is 11.3 Å². The van der Waals surface area contributed by atoms with Crippen molar-refractivity contribution < 1.29 is 4.79 Å². The number of nitrogens with zero attached hydrogens (tertiary/aromatic N) is 2. The molecule has 0 aliphatic heterocycles. The van der Waals surface area contributed by atoms with E-state index in [0.717, 1.165) is 15.7 Å². The molecule has 2 aromatic carbocycles. The first-order valence-corrected chi connectivity index (χ1v) is 10.2. The number of anilines is 1. The first kappa shape index (κ1) is 18.5. The van der Waals surface area contributed by atoms with Crippen LogP contribution in [-0.2, 0) is 11.2 Å². The highest BCUT2D eigenvalue weighted by Crippen LogP contribution is 2.26. The molecule has 1 amide bonds. The van der Waals surface area contributed by atoms with Gasteiger partial charge in [0.05, 0.1) is 16.7 Å². The molecule has 0 saturated heterocycles. The first-order valence-electron chi connectivity index (χ1n) is 8.58. The van der Waals surface area contributed by atoms with Gasteiger partial charge in [-0.15, -0.1) is 11.3 Å². The third-order valence-electron chi connectivity index (χ3n) is 4.15. The molecule has 0 bridgehead atoms. The number of rotatable bonds is 5. The average molecular weight is 455 g/mol. The fourth-order valence-electron chi connectivity index (χ4n) is 2.73. The van der Waals surface area contributed by atoms with Crippen LogP contribution in [0.25, 0.3) is 22.3 Å². The van der Waals surface area contributed by atoms with Crippen molar-refractivity contribution in [3.63, 3.8) is 0 Å². The van der Waals surface area contributed by atoms with Gasteiger partial charge in [-0.2, -0.15) is 0 Å². The summed E-state index contributed by atoms with van der Waals surface area (Å²) in [5.74, 6) is -0.203. The Morgan fingerprint density at radius 3 is 2.71 bits per heavy atom. The summed E-state index contributed by atoms with van der Waals surface area (Å²) >= 11 is 4.77. The number of aryl methyl sites for hydroxylation is 1. The lowest BCUT2D eigenvalue weighted by atomic mass is 10.2. The fourth-order valence-corrected chi connectivity index (χ4v) is 3.74. The Bertz CT molecular complexity index is 1200. The van der Waals surface area contributed by atoms with Crippen molar-refractivity contribution in [1.82, 2.24) is 15.0 Å². The van der Waals surface area contributed by atoms with Gasteiger partial charge in [0, 0.05) is 28.3 Å². The number of benzene rings is 2. The third kappa shape index (κ3) is 4.18. The highest BCUT2D eigenvalue weighted by Gasteiger charge is 2.11. The summed E-state index contributed by atoms with van der Waals surface area (Å²) in [6.07, 6.45) is 0.415. The molecular formula is C20H15BrN4O2S. The highest BCUT2D eigenvalue weighted by molar-refractivity contribution is 9.10. The van der Waals surface area contributed by atoms with Crippen LogP contribution in [0.2, 0.25) is 0 Å². The van der Waals surface area contributed by atoms with E-state index < -0.39 is 0 Å². The van der Waals surface area contributed by atoms with E-state index in [0.29, 0.717) is 21.9 Å². The third-order valence-corrected chi connectivity index (χ3v) is 5.44. The number of carbonyl (C=O) groups is 1. The smallest absolute Gasteiger partial charge is 0.270 e. The standard InChI is InChI=1S/C20H15BrN4O2S/c21-13-7-5-12(6-8-13)17-11-28-20(24-17)25-18(26)10-9-16-19(27)23-15-4-2-1-3-14(15)22-16/h1-8,11H,9-10H2,(H,23,27)(H,24,25,26). The maximum absolute atomic E-state index is 12.3. The van der Waals surface area contributed by atoms with E-state index in [9.17, 15) is 9.59 Å². The average Bonchev–Trinajstić information content (AvgIpc) is 3.15. The molecule has 0 aliphatic rings. The van der Waals surface area contributed by atoms with Crippen LogP contribution in [0.5, 0.6) is 0 Å². The molecule has 4 aromatic rings. The summed E-state index contributed by atoms with van der Waals surface area (Å²) in [4.78, 5) is 36.0. The van der Waals surface area contributed by atoms with Gasteiger partial charge in [0.15, 0.2) is 5.13 Å². The number of carbonyl (C=O) groups excluding carboxylic acids is 1. The summed E-state index contributed by atoms with van der Waals surface area (Å²) in [5.41, 5.74) is 3.26. The van der Waals surface area contributed by atoms with E-state index >= 15 is 0 Å². The summed E-state index contributed by atoms with van der Waals surface area (Å²) in [7, 11) is 0. The monoisotopic (exact) mass is 454 g/mol. The number of nitrogens with one attached hydrogen (secondary N) is 2. The van der Waals surface area contributed by atoms with Crippen LogP contribution in [0.4, 0.5) is 5.13 Å². The van der Waals surface area contributed by atoms with E-state index in [1.807, 2.05) is 47.8 Å². The number of H-pyrrole nitrogens is 1. The second-order valence-corrected chi connectivity index (χ2v) is 7.90. The van der Waals surface area contributed by atoms with E-state index in [1.165, 1.54) is 11.3 Å². The van der Waals surface area contributed by atoms with Crippen molar-refractivity contribution in [2.45, 2.75) is 12.8 Å². The van der Waals surface area contributed by atoms with Gasteiger partial charge in [-0.3, -0.25) is 9.59 Å². The Balaban J connectivity index is 1.41. The number of fused-ring (bicyclic) bond motifs is 1. The molecular weight excluding hydrogens is 440 g/mol. The Labute approximate surface area is 172 Å². The number of hydrogen-bond donors (Lipinski definition) is 2. The largest absolute Gasteiger partial charge is 0.319 e. The van der Waals surface area contributed by atoms with Gasteiger partial charge in [-0.25, -0.2) is 9.97 Å². The van der Waals surface area contributed by atoms with Gasteiger partial charge >= 0.3 is 0 Å². The zero-order chi connectivity index (χ0) is 19.5. The molecule has 2 heterocycles. The van der Waals surface area contributed by atoms with Crippen molar-refractivity contribution in [1.29, 1.82) is 0 Å². The molecule has 0 unspecified atom stereocenters. The van der Waals surface area contributed by atoms with Crippen molar-refractivity contribution in [2.24, 2.45) is 0 Å². The topological polar surface area (TPSA) is 87.7 Å². The minimum Gasteiger partial charge on any atom is -0.319 e. The van der Waals surface area contributed by atoms with E-state index in [-0.39, 0.29) is 24.3 Å². The summed E-state index contributed by atoms with van der Waals surface area (Å²) in [5, 5.41) is 5.22. The molecule has 2 aromatic heterocycles. The number of para-hydroxylation sites is 2. The number of halogens is 1. The molecule has 0 aliphatic carbocycles. The normalized spacial score (nSPS) is 10.9. The SMILES string of the molecule is O=C(CCc1nc2ccccc2[nH]c1=O)Nc1nc(-c2ccc(Br)cc2)cs1.